The molecular formula is C13H9Cl2NO2. The van der Waals surface area contributed by atoms with E-state index in [9.17, 15) is 9.90 Å². The minimum absolute atomic E-state index is 0.000949. The van der Waals surface area contributed by atoms with E-state index >= 15 is 0 Å². The number of anilines is 1. The molecule has 2 N–H and O–H groups in total. The second-order valence-electron chi connectivity index (χ2n) is 3.63. The number of halogens is 2. The summed E-state index contributed by atoms with van der Waals surface area (Å²) in [6.45, 7) is 0. The Labute approximate surface area is 114 Å². The van der Waals surface area contributed by atoms with Gasteiger partial charge in [0.1, 0.15) is 5.75 Å². The molecule has 1 amide bonds. The lowest BCUT2D eigenvalue weighted by molar-refractivity contribution is 0.102. The third-order valence-electron chi connectivity index (χ3n) is 2.28. The van der Waals surface area contributed by atoms with Gasteiger partial charge >= 0.3 is 0 Å². The predicted molar refractivity (Wildman–Crippen MR) is 72.5 cm³/mol. The van der Waals surface area contributed by atoms with Crippen LogP contribution in [-0.2, 0) is 0 Å². The normalized spacial score (nSPS) is 10.1. The molecule has 0 saturated carbocycles. The average Bonchev–Trinajstić information content (AvgIpc) is 2.31. The first-order chi connectivity index (χ1) is 8.56. The topological polar surface area (TPSA) is 49.3 Å². The summed E-state index contributed by atoms with van der Waals surface area (Å²) < 4.78 is 0. The number of amides is 1. The summed E-state index contributed by atoms with van der Waals surface area (Å²) in [6.07, 6.45) is 0. The van der Waals surface area contributed by atoms with Gasteiger partial charge in [-0.15, -0.1) is 0 Å². The van der Waals surface area contributed by atoms with Crippen molar-refractivity contribution in [2.75, 3.05) is 5.32 Å². The van der Waals surface area contributed by atoms with Gasteiger partial charge in [-0.05, 0) is 30.3 Å². The van der Waals surface area contributed by atoms with Gasteiger partial charge in [0, 0.05) is 15.6 Å². The number of para-hydroxylation sites is 2. The molecule has 0 atom stereocenters. The van der Waals surface area contributed by atoms with E-state index < -0.39 is 0 Å². The number of carbonyl (C=O) groups is 1. The van der Waals surface area contributed by atoms with E-state index in [-0.39, 0.29) is 11.7 Å². The molecule has 0 fully saturated rings. The van der Waals surface area contributed by atoms with E-state index in [0.29, 0.717) is 21.3 Å². The van der Waals surface area contributed by atoms with Crippen molar-refractivity contribution in [1.29, 1.82) is 0 Å². The van der Waals surface area contributed by atoms with Gasteiger partial charge in [-0.25, -0.2) is 0 Å². The Hall–Kier alpha value is -1.71. The zero-order valence-corrected chi connectivity index (χ0v) is 10.7. The van der Waals surface area contributed by atoms with Crippen molar-refractivity contribution < 1.29 is 9.90 Å². The minimum Gasteiger partial charge on any atom is -0.506 e. The van der Waals surface area contributed by atoms with Crippen molar-refractivity contribution in [1.82, 2.24) is 0 Å². The van der Waals surface area contributed by atoms with E-state index in [1.807, 2.05) is 0 Å². The summed E-state index contributed by atoms with van der Waals surface area (Å²) in [7, 11) is 0. The Kier molecular flexibility index (Phi) is 3.75. The van der Waals surface area contributed by atoms with Crippen molar-refractivity contribution in [3.63, 3.8) is 0 Å². The molecule has 0 bridgehead atoms. The fraction of sp³-hybridized carbons (Fsp3) is 0. The smallest absolute Gasteiger partial charge is 0.255 e. The molecule has 0 unspecified atom stereocenters. The van der Waals surface area contributed by atoms with Crippen LogP contribution in [0.5, 0.6) is 5.75 Å². The molecular weight excluding hydrogens is 273 g/mol. The summed E-state index contributed by atoms with van der Waals surface area (Å²) >= 11 is 11.6. The number of aromatic hydroxyl groups is 1. The lowest BCUT2D eigenvalue weighted by Crippen LogP contribution is -2.11. The van der Waals surface area contributed by atoms with Crippen LogP contribution in [0.1, 0.15) is 10.4 Å². The second-order valence-corrected chi connectivity index (χ2v) is 4.50. The first kappa shape index (κ1) is 12.7. The Bertz CT molecular complexity index is 579. The second kappa shape index (κ2) is 5.29. The number of benzene rings is 2. The van der Waals surface area contributed by atoms with Crippen LogP contribution in [0.4, 0.5) is 5.69 Å². The molecule has 18 heavy (non-hydrogen) atoms. The third-order valence-corrected chi connectivity index (χ3v) is 2.71. The zero-order chi connectivity index (χ0) is 13.1. The SMILES string of the molecule is O=C(Nc1ccccc1O)c1cc(Cl)cc(Cl)c1. The number of hydrogen-bond donors (Lipinski definition) is 2. The Morgan fingerprint density at radius 3 is 2.28 bits per heavy atom. The average molecular weight is 282 g/mol. The molecule has 0 radical (unpaired) electrons. The summed E-state index contributed by atoms with van der Waals surface area (Å²) in [6, 6.07) is 11.0. The molecule has 92 valence electrons. The van der Waals surface area contributed by atoms with Gasteiger partial charge in [0.2, 0.25) is 0 Å². The summed E-state index contributed by atoms with van der Waals surface area (Å²) in [4.78, 5) is 11.9. The highest BCUT2D eigenvalue weighted by Gasteiger charge is 2.10. The summed E-state index contributed by atoms with van der Waals surface area (Å²) in [5, 5.41) is 12.9. The maximum Gasteiger partial charge on any atom is 0.255 e. The first-order valence-corrected chi connectivity index (χ1v) is 5.87. The molecule has 2 rings (SSSR count). The predicted octanol–water partition coefficient (Wildman–Crippen LogP) is 3.95. The van der Waals surface area contributed by atoms with Crippen molar-refractivity contribution in [3.8, 4) is 5.75 Å². The van der Waals surface area contributed by atoms with Crippen LogP contribution in [0.25, 0.3) is 0 Å². The molecule has 0 heterocycles. The zero-order valence-electron chi connectivity index (χ0n) is 9.15. The standard InChI is InChI=1S/C13H9Cl2NO2/c14-9-5-8(6-10(15)7-9)13(18)16-11-3-1-2-4-12(11)17/h1-7,17H,(H,16,18). The van der Waals surface area contributed by atoms with Crippen LogP contribution < -0.4 is 5.32 Å². The molecule has 0 aliphatic rings. The largest absolute Gasteiger partial charge is 0.506 e. The number of nitrogens with one attached hydrogen (secondary N) is 1. The van der Waals surface area contributed by atoms with Gasteiger partial charge in [0.15, 0.2) is 0 Å². The molecule has 2 aromatic carbocycles. The minimum atomic E-state index is -0.388. The van der Waals surface area contributed by atoms with Crippen LogP contribution in [0.3, 0.4) is 0 Å². The van der Waals surface area contributed by atoms with E-state index in [0.717, 1.165) is 0 Å². The van der Waals surface area contributed by atoms with Crippen LogP contribution >= 0.6 is 23.2 Å². The van der Waals surface area contributed by atoms with Crippen molar-refractivity contribution in [2.45, 2.75) is 0 Å². The van der Waals surface area contributed by atoms with E-state index in [2.05, 4.69) is 5.32 Å². The molecule has 2 aromatic rings. The van der Waals surface area contributed by atoms with E-state index in [4.69, 9.17) is 23.2 Å². The van der Waals surface area contributed by atoms with Crippen molar-refractivity contribution >= 4 is 34.8 Å². The molecule has 0 aliphatic heterocycles. The Morgan fingerprint density at radius 2 is 1.67 bits per heavy atom. The van der Waals surface area contributed by atoms with Crippen molar-refractivity contribution in [3.05, 3.63) is 58.1 Å². The quantitative estimate of drug-likeness (QED) is 0.819. The highest BCUT2D eigenvalue weighted by atomic mass is 35.5. The highest BCUT2D eigenvalue weighted by Crippen LogP contribution is 2.24. The van der Waals surface area contributed by atoms with Crippen LogP contribution in [0, 0.1) is 0 Å². The van der Waals surface area contributed by atoms with Crippen LogP contribution in [0.15, 0.2) is 42.5 Å². The van der Waals surface area contributed by atoms with E-state index in [1.165, 1.54) is 18.2 Å². The van der Waals surface area contributed by atoms with E-state index in [1.54, 1.807) is 24.3 Å². The fourth-order valence-electron chi connectivity index (χ4n) is 1.46. The molecule has 0 spiro atoms. The third kappa shape index (κ3) is 2.94. The number of phenols is 1. The number of carbonyl (C=O) groups excluding carboxylic acids is 1. The Balaban J connectivity index is 2.25. The lowest BCUT2D eigenvalue weighted by Gasteiger charge is -2.07. The number of rotatable bonds is 2. The Morgan fingerprint density at radius 1 is 1.06 bits per heavy atom. The molecule has 0 saturated heterocycles. The van der Waals surface area contributed by atoms with Crippen LogP contribution in [-0.4, -0.2) is 11.0 Å². The molecule has 0 aliphatic carbocycles. The molecule has 3 nitrogen and oxygen atoms in total. The number of phenolic OH excluding ortho intramolecular Hbond substituents is 1. The number of hydrogen-bond acceptors (Lipinski definition) is 2. The van der Waals surface area contributed by atoms with Crippen molar-refractivity contribution in [2.24, 2.45) is 0 Å². The maximum atomic E-state index is 11.9. The van der Waals surface area contributed by atoms with Gasteiger partial charge < -0.3 is 10.4 Å². The van der Waals surface area contributed by atoms with Gasteiger partial charge in [0.05, 0.1) is 5.69 Å². The van der Waals surface area contributed by atoms with Gasteiger partial charge in [0.25, 0.3) is 5.91 Å². The maximum absolute atomic E-state index is 11.9. The summed E-state index contributed by atoms with van der Waals surface area (Å²) in [5.74, 6) is -0.389. The van der Waals surface area contributed by atoms with Crippen LogP contribution in [0.2, 0.25) is 10.0 Å². The van der Waals surface area contributed by atoms with Gasteiger partial charge in [-0.3, -0.25) is 4.79 Å². The fourth-order valence-corrected chi connectivity index (χ4v) is 1.98. The molecule has 5 heteroatoms. The van der Waals surface area contributed by atoms with Gasteiger partial charge in [-0.1, -0.05) is 35.3 Å². The lowest BCUT2D eigenvalue weighted by atomic mass is 10.2. The summed E-state index contributed by atoms with van der Waals surface area (Å²) in [5.41, 5.74) is 0.661. The monoisotopic (exact) mass is 281 g/mol. The van der Waals surface area contributed by atoms with Gasteiger partial charge in [-0.2, -0.15) is 0 Å². The first-order valence-electron chi connectivity index (χ1n) is 5.12. The molecule has 0 aromatic heterocycles. The highest BCUT2D eigenvalue weighted by molar-refractivity contribution is 6.35.